The van der Waals surface area contributed by atoms with Crippen LogP contribution in [0.4, 0.5) is 15.8 Å². The number of anilines is 2. The average Bonchev–Trinajstić information content (AvgIpc) is 3.93. The lowest BCUT2D eigenvalue weighted by Crippen LogP contribution is -2.49. The van der Waals surface area contributed by atoms with Gasteiger partial charge in [-0.15, -0.1) is 0 Å². The number of carbonyl (C=O) groups excluding carboxylic acids is 2. The number of carbonyl (C=O) groups is 2. The number of aromatic nitrogens is 3. The predicted molar refractivity (Wildman–Crippen MR) is 225 cm³/mol. The van der Waals surface area contributed by atoms with Crippen LogP contribution < -0.4 is 14.5 Å². The minimum Gasteiger partial charge on any atom is -0.494 e. The molecule has 0 radical (unpaired) electrons. The number of hydrogen-bond acceptors (Lipinski definition) is 12. The first-order valence-corrected chi connectivity index (χ1v) is 20.4. The van der Waals surface area contributed by atoms with Crippen LogP contribution in [-0.4, -0.2) is 109 Å². The summed E-state index contributed by atoms with van der Waals surface area (Å²) in [6.45, 7) is 12.1. The molecular formula is C45H49FN8O6. The minimum absolute atomic E-state index is 0.0236. The zero-order valence-electron chi connectivity index (χ0n) is 34.4. The first-order chi connectivity index (χ1) is 29.3. The van der Waals surface area contributed by atoms with Crippen molar-refractivity contribution in [1.82, 2.24) is 24.8 Å². The van der Waals surface area contributed by atoms with Gasteiger partial charge in [0.15, 0.2) is 11.2 Å². The van der Waals surface area contributed by atoms with Gasteiger partial charge in [-0.25, -0.2) is 4.39 Å². The molecule has 0 spiro atoms. The molecule has 0 atom stereocenters. The van der Waals surface area contributed by atoms with Gasteiger partial charge in [0.2, 0.25) is 0 Å². The summed E-state index contributed by atoms with van der Waals surface area (Å²) in [6.07, 6.45) is 8.61. The van der Waals surface area contributed by atoms with E-state index < -0.39 is 5.82 Å². The minimum atomic E-state index is -0.435. The topological polar surface area (TPSA) is 154 Å². The second-order valence-electron chi connectivity index (χ2n) is 14.5. The van der Waals surface area contributed by atoms with Crippen LogP contribution in [0.15, 0.2) is 82.2 Å². The number of rotatable bonds is 6. The lowest BCUT2D eigenvalue weighted by molar-refractivity contribution is 0.0739. The molecule has 1 aromatic carbocycles. The standard InChI is InChI=1S/C24H23FN4O3.C19H20N4O3.C2H6/c25-18-11-16(15-26)12-19(13-18)28-5-7-29(8-6-28)24(30)20-1-4-27-21-14-22(32-23(20)21)17-2-9-31-10-3-17;1-13-11-15-18(26-13)14(3-6-21-15)19(24)23-9-7-22(8-10-23)16-12-20-5-4-17(16)25-2;1-2/h1,4,11-14,17H,2-3,5-10H2;3-6,11-12H,7-10H2,1-2H3;1-2H3. The van der Waals surface area contributed by atoms with Crippen LogP contribution in [-0.2, 0) is 4.74 Å². The maximum Gasteiger partial charge on any atom is 0.257 e. The molecule has 15 heteroatoms. The third-order valence-electron chi connectivity index (χ3n) is 10.9. The van der Waals surface area contributed by atoms with Gasteiger partial charge in [0.25, 0.3) is 11.8 Å². The number of fused-ring (bicyclic) bond motifs is 2. The molecule has 0 aliphatic carbocycles. The first-order valence-electron chi connectivity index (χ1n) is 20.4. The lowest BCUT2D eigenvalue weighted by Gasteiger charge is -2.36. The van der Waals surface area contributed by atoms with Gasteiger partial charge in [-0.2, -0.15) is 5.26 Å². The van der Waals surface area contributed by atoms with Gasteiger partial charge in [-0.3, -0.25) is 24.5 Å². The van der Waals surface area contributed by atoms with Crippen LogP contribution in [0.1, 0.15) is 70.4 Å². The van der Waals surface area contributed by atoms with Crippen molar-refractivity contribution >= 4 is 45.4 Å². The van der Waals surface area contributed by atoms with Crippen LogP contribution in [0.5, 0.6) is 5.75 Å². The lowest BCUT2D eigenvalue weighted by atomic mass is 9.98. The Kier molecular flexibility index (Phi) is 13.2. The summed E-state index contributed by atoms with van der Waals surface area (Å²) in [4.78, 5) is 46.9. The molecule has 0 N–H and O–H groups in total. The van der Waals surface area contributed by atoms with E-state index in [9.17, 15) is 14.0 Å². The zero-order valence-corrected chi connectivity index (χ0v) is 34.4. The molecular weight excluding hydrogens is 768 g/mol. The average molecular weight is 817 g/mol. The maximum absolute atomic E-state index is 13.8. The van der Waals surface area contributed by atoms with Crippen molar-refractivity contribution in [2.75, 3.05) is 82.5 Å². The van der Waals surface area contributed by atoms with E-state index in [1.165, 1.54) is 12.1 Å². The molecule has 9 rings (SSSR count). The third-order valence-corrected chi connectivity index (χ3v) is 10.9. The number of ether oxygens (including phenoxy) is 2. The van der Waals surface area contributed by atoms with Gasteiger partial charge in [-0.05, 0) is 50.1 Å². The summed E-state index contributed by atoms with van der Waals surface area (Å²) < 4.78 is 36.5. The van der Waals surface area contributed by atoms with Crippen LogP contribution in [0, 0.1) is 24.1 Å². The number of methoxy groups -OCH3 is 1. The second kappa shape index (κ2) is 19.0. The third kappa shape index (κ3) is 9.03. The van der Waals surface area contributed by atoms with Crippen LogP contribution in [0.2, 0.25) is 0 Å². The Labute approximate surface area is 348 Å². The van der Waals surface area contributed by atoms with Crippen molar-refractivity contribution in [2.24, 2.45) is 0 Å². The SMILES string of the molecule is CC.COc1ccncc1N1CCN(C(=O)c2ccnc3cc(C)oc23)CC1.N#Cc1cc(F)cc(N2CCN(C(=O)c3ccnc4cc(C5CCOCC5)oc34)CC2)c1. The Balaban J connectivity index is 0.000000178. The number of pyridine rings is 3. The summed E-state index contributed by atoms with van der Waals surface area (Å²) in [5.41, 5.74) is 5.48. The van der Waals surface area contributed by atoms with Crippen molar-refractivity contribution in [3.8, 4) is 11.8 Å². The molecule has 3 fully saturated rings. The fourth-order valence-corrected chi connectivity index (χ4v) is 7.80. The van der Waals surface area contributed by atoms with E-state index in [4.69, 9.17) is 23.6 Å². The van der Waals surface area contributed by atoms with Crippen molar-refractivity contribution in [3.63, 3.8) is 0 Å². The molecule has 8 heterocycles. The van der Waals surface area contributed by atoms with Crippen molar-refractivity contribution in [3.05, 3.63) is 107 Å². The molecule has 0 bridgehead atoms. The van der Waals surface area contributed by atoms with Gasteiger partial charge in [0.1, 0.15) is 34.1 Å². The first kappa shape index (κ1) is 41.6. The van der Waals surface area contributed by atoms with Crippen LogP contribution in [0.3, 0.4) is 0 Å². The van der Waals surface area contributed by atoms with Gasteiger partial charge in [0, 0.05) is 114 Å². The molecule has 3 saturated heterocycles. The molecule has 2 amide bonds. The van der Waals surface area contributed by atoms with E-state index in [0.29, 0.717) is 91.5 Å². The number of aryl methyl sites for hydroxylation is 1. The summed E-state index contributed by atoms with van der Waals surface area (Å²) in [6, 6.07) is 15.4. The Morgan fingerprint density at radius 1 is 0.783 bits per heavy atom. The summed E-state index contributed by atoms with van der Waals surface area (Å²) in [5, 5.41) is 9.09. The largest absolute Gasteiger partial charge is 0.494 e. The Bertz CT molecular complexity index is 2480. The highest BCUT2D eigenvalue weighted by Crippen LogP contribution is 2.33. The fourth-order valence-electron chi connectivity index (χ4n) is 7.80. The normalized spacial score (nSPS) is 15.8. The highest BCUT2D eigenvalue weighted by atomic mass is 19.1. The molecule has 3 aliphatic heterocycles. The number of amides is 2. The quantitative estimate of drug-likeness (QED) is 0.167. The van der Waals surface area contributed by atoms with Crippen molar-refractivity contribution < 1.29 is 32.3 Å². The van der Waals surface area contributed by atoms with E-state index >= 15 is 0 Å². The summed E-state index contributed by atoms with van der Waals surface area (Å²) >= 11 is 0. The number of furan rings is 2. The maximum atomic E-state index is 13.8. The number of benzene rings is 1. The van der Waals surface area contributed by atoms with Gasteiger partial charge in [0.05, 0.1) is 41.8 Å². The highest BCUT2D eigenvalue weighted by molar-refractivity contribution is 6.05. The summed E-state index contributed by atoms with van der Waals surface area (Å²) in [7, 11) is 1.65. The van der Waals surface area contributed by atoms with Crippen LogP contribution in [0.25, 0.3) is 22.2 Å². The van der Waals surface area contributed by atoms with E-state index in [1.807, 2.05) is 54.8 Å². The van der Waals surface area contributed by atoms with E-state index in [2.05, 4.69) is 19.9 Å². The van der Waals surface area contributed by atoms with Crippen LogP contribution >= 0.6 is 0 Å². The predicted octanol–water partition coefficient (Wildman–Crippen LogP) is 7.22. The van der Waals surface area contributed by atoms with Gasteiger partial charge >= 0.3 is 0 Å². The molecule has 0 saturated carbocycles. The molecule has 312 valence electrons. The number of nitriles is 1. The highest BCUT2D eigenvalue weighted by Gasteiger charge is 2.28. The molecule has 6 aromatic rings. The Morgan fingerprint density at radius 2 is 1.38 bits per heavy atom. The molecule has 0 unspecified atom stereocenters. The van der Waals surface area contributed by atoms with E-state index in [1.54, 1.807) is 55.0 Å². The van der Waals surface area contributed by atoms with Crippen molar-refractivity contribution in [1.29, 1.82) is 5.26 Å². The molecule has 60 heavy (non-hydrogen) atoms. The van der Waals surface area contributed by atoms with Gasteiger partial charge < -0.3 is 37.9 Å². The van der Waals surface area contributed by atoms with E-state index in [-0.39, 0.29) is 23.3 Å². The summed E-state index contributed by atoms with van der Waals surface area (Å²) in [5.74, 6) is 2.14. The Morgan fingerprint density at radius 3 is 2.00 bits per heavy atom. The monoisotopic (exact) mass is 816 g/mol. The number of piperazine rings is 2. The zero-order chi connectivity index (χ0) is 42.2. The number of nitrogens with zero attached hydrogens (tertiary/aromatic N) is 8. The van der Waals surface area contributed by atoms with E-state index in [0.717, 1.165) is 48.9 Å². The fraction of sp³-hybridized carbons (Fsp3) is 0.378. The molecule has 5 aromatic heterocycles. The Hall–Kier alpha value is -6.53. The molecule has 3 aliphatic rings. The smallest absolute Gasteiger partial charge is 0.257 e. The van der Waals surface area contributed by atoms with Crippen molar-refractivity contribution in [2.45, 2.75) is 39.5 Å². The number of halogens is 1. The van der Waals surface area contributed by atoms with Gasteiger partial charge in [-0.1, -0.05) is 13.8 Å². The second-order valence-corrected chi connectivity index (χ2v) is 14.5. The molecule has 14 nitrogen and oxygen atoms in total. The number of hydrogen-bond donors (Lipinski definition) is 0.